The number of terminal acetylenes is 1. The SMILES string of the molecule is C#C[C@H]1O[C@@H](n2cnc3c(N[C@@H]4CCC[C@]4(OC)c4ccccc4)ncnc32)[C@H](O)[C@@H]1O. The lowest BCUT2D eigenvalue weighted by Crippen LogP contribution is -2.41. The number of aliphatic hydroxyl groups excluding tert-OH is 2. The van der Waals surface area contributed by atoms with Gasteiger partial charge < -0.3 is 25.0 Å². The lowest BCUT2D eigenvalue weighted by atomic mass is 9.88. The second-order valence-corrected chi connectivity index (χ2v) is 8.19. The number of hydrogen-bond donors (Lipinski definition) is 3. The molecule has 166 valence electrons. The molecule has 0 bridgehead atoms. The number of imidazole rings is 1. The highest BCUT2D eigenvalue weighted by atomic mass is 16.6. The number of aliphatic hydroxyl groups is 2. The molecule has 0 amide bonds. The summed E-state index contributed by atoms with van der Waals surface area (Å²) in [6.45, 7) is 0. The molecule has 1 saturated heterocycles. The summed E-state index contributed by atoms with van der Waals surface area (Å²) in [6.07, 6.45) is 6.97. The van der Waals surface area contributed by atoms with Crippen molar-refractivity contribution in [2.45, 2.75) is 55.4 Å². The third kappa shape index (κ3) is 3.15. The van der Waals surface area contributed by atoms with Crippen LogP contribution >= 0.6 is 0 Å². The van der Waals surface area contributed by atoms with Crippen LogP contribution in [0, 0.1) is 12.3 Å². The average Bonchev–Trinajstić information content (AvgIpc) is 3.52. The lowest BCUT2D eigenvalue weighted by molar-refractivity contribution is -0.0230. The third-order valence-corrected chi connectivity index (χ3v) is 6.58. The van der Waals surface area contributed by atoms with Gasteiger partial charge in [-0.15, -0.1) is 6.42 Å². The maximum Gasteiger partial charge on any atom is 0.167 e. The molecule has 1 aliphatic heterocycles. The van der Waals surface area contributed by atoms with E-state index in [9.17, 15) is 10.2 Å². The van der Waals surface area contributed by atoms with E-state index in [1.807, 2.05) is 18.2 Å². The van der Waals surface area contributed by atoms with E-state index in [0.29, 0.717) is 17.0 Å². The minimum Gasteiger partial charge on any atom is -0.386 e. The van der Waals surface area contributed by atoms with Crippen molar-refractivity contribution in [3.8, 4) is 12.3 Å². The lowest BCUT2D eigenvalue weighted by Gasteiger charge is -2.35. The van der Waals surface area contributed by atoms with Crippen molar-refractivity contribution in [3.63, 3.8) is 0 Å². The van der Waals surface area contributed by atoms with Crippen LogP contribution < -0.4 is 5.32 Å². The van der Waals surface area contributed by atoms with Crippen LogP contribution in [0.4, 0.5) is 5.82 Å². The van der Waals surface area contributed by atoms with Crippen LogP contribution in [-0.4, -0.2) is 61.2 Å². The minimum atomic E-state index is -1.20. The number of aromatic nitrogens is 4. The van der Waals surface area contributed by atoms with E-state index in [2.05, 4.69) is 38.3 Å². The highest BCUT2D eigenvalue weighted by molar-refractivity contribution is 5.83. The molecule has 3 N–H and O–H groups in total. The molecule has 32 heavy (non-hydrogen) atoms. The van der Waals surface area contributed by atoms with Gasteiger partial charge in [0.05, 0.1) is 12.4 Å². The topological polar surface area (TPSA) is 115 Å². The van der Waals surface area contributed by atoms with E-state index >= 15 is 0 Å². The predicted octanol–water partition coefficient (Wildman–Crippen LogP) is 1.58. The Balaban J connectivity index is 1.48. The van der Waals surface area contributed by atoms with Crippen LogP contribution in [0.3, 0.4) is 0 Å². The Labute approximate surface area is 185 Å². The van der Waals surface area contributed by atoms with E-state index in [1.54, 1.807) is 11.7 Å². The molecule has 2 fully saturated rings. The van der Waals surface area contributed by atoms with E-state index < -0.39 is 30.1 Å². The average molecular weight is 435 g/mol. The maximum absolute atomic E-state index is 10.4. The van der Waals surface area contributed by atoms with E-state index in [-0.39, 0.29) is 6.04 Å². The Bertz CT molecular complexity index is 1150. The number of fused-ring (bicyclic) bond motifs is 1. The Morgan fingerprint density at radius 3 is 2.75 bits per heavy atom. The van der Waals surface area contributed by atoms with Crippen LogP contribution in [-0.2, 0) is 15.1 Å². The van der Waals surface area contributed by atoms with Crippen molar-refractivity contribution in [1.29, 1.82) is 0 Å². The van der Waals surface area contributed by atoms with Gasteiger partial charge in [-0.25, -0.2) is 15.0 Å². The first-order valence-corrected chi connectivity index (χ1v) is 10.6. The first kappa shape index (κ1) is 20.8. The summed E-state index contributed by atoms with van der Waals surface area (Å²) in [4.78, 5) is 13.2. The molecule has 6 atom stereocenters. The molecule has 0 unspecified atom stereocenters. The smallest absolute Gasteiger partial charge is 0.167 e. The number of hydrogen-bond acceptors (Lipinski definition) is 8. The fraction of sp³-hybridized carbons (Fsp3) is 0.435. The highest BCUT2D eigenvalue weighted by Gasteiger charge is 2.46. The first-order valence-electron chi connectivity index (χ1n) is 10.6. The molecule has 1 aliphatic carbocycles. The van der Waals surface area contributed by atoms with E-state index in [0.717, 1.165) is 24.8 Å². The quantitative estimate of drug-likeness (QED) is 0.518. The fourth-order valence-corrected chi connectivity index (χ4v) is 4.93. The van der Waals surface area contributed by atoms with Gasteiger partial charge in [0.2, 0.25) is 0 Å². The second kappa shape index (κ2) is 8.15. The van der Waals surface area contributed by atoms with Gasteiger partial charge in [-0.3, -0.25) is 4.57 Å². The van der Waals surface area contributed by atoms with Gasteiger partial charge in [0.1, 0.15) is 30.2 Å². The predicted molar refractivity (Wildman–Crippen MR) is 116 cm³/mol. The van der Waals surface area contributed by atoms with Crippen LogP contribution in [0.25, 0.3) is 11.2 Å². The van der Waals surface area contributed by atoms with Gasteiger partial charge in [0.25, 0.3) is 0 Å². The maximum atomic E-state index is 10.4. The van der Waals surface area contributed by atoms with Crippen molar-refractivity contribution >= 4 is 17.0 Å². The molecule has 2 aliphatic rings. The number of ether oxygens (including phenoxy) is 2. The Kier molecular flexibility index (Phi) is 5.31. The van der Waals surface area contributed by atoms with Crippen molar-refractivity contribution in [1.82, 2.24) is 19.5 Å². The molecular weight excluding hydrogens is 410 g/mol. The number of benzene rings is 1. The van der Waals surface area contributed by atoms with Crippen LogP contribution in [0.5, 0.6) is 0 Å². The standard InChI is InChI=1S/C23H25N5O4/c1-3-15-18(29)19(30)22(32-15)28-13-26-17-20(24-12-25-21(17)28)27-16-10-7-11-23(16,31-2)14-8-5-4-6-9-14/h1,4-6,8-9,12-13,15-16,18-19,22,29-30H,7,10-11H2,2H3,(H,24,25,27)/t15-,16-,18-,19-,22-,23+/m1/s1. The zero-order valence-corrected chi connectivity index (χ0v) is 17.6. The molecule has 9 nitrogen and oxygen atoms in total. The second-order valence-electron chi connectivity index (χ2n) is 8.19. The summed E-state index contributed by atoms with van der Waals surface area (Å²) in [5.41, 5.74) is 1.64. The van der Waals surface area contributed by atoms with Gasteiger partial charge in [-0.05, 0) is 24.8 Å². The van der Waals surface area contributed by atoms with Gasteiger partial charge in [0, 0.05) is 7.11 Å². The zero-order valence-electron chi connectivity index (χ0n) is 17.6. The number of nitrogens with zero attached hydrogens (tertiary/aromatic N) is 4. The zero-order chi connectivity index (χ0) is 22.3. The number of nitrogens with one attached hydrogen (secondary N) is 1. The normalized spacial score (nSPS) is 32.2. The molecule has 3 aromatic rings. The van der Waals surface area contributed by atoms with Crippen LogP contribution in [0.15, 0.2) is 43.0 Å². The van der Waals surface area contributed by atoms with Gasteiger partial charge in [0.15, 0.2) is 23.2 Å². The van der Waals surface area contributed by atoms with Crippen molar-refractivity contribution in [2.24, 2.45) is 0 Å². The largest absolute Gasteiger partial charge is 0.386 e. The number of anilines is 1. The van der Waals surface area contributed by atoms with Crippen LogP contribution in [0.1, 0.15) is 31.1 Å². The molecule has 0 spiro atoms. The summed E-state index contributed by atoms with van der Waals surface area (Å²) in [6, 6.07) is 10.2. The van der Waals surface area contributed by atoms with Gasteiger partial charge in [-0.2, -0.15) is 0 Å². The van der Waals surface area contributed by atoms with Gasteiger partial charge in [-0.1, -0.05) is 36.3 Å². The number of methoxy groups -OCH3 is 1. The summed E-state index contributed by atoms with van der Waals surface area (Å²) < 4.78 is 13.3. The molecule has 1 aromatic carbocycles. The summed E-state index contributed by atoms with van der Waals surface area (Å²) in [7, 11) is 1.74. The summed E-state index contributed by atoms with van der Waals surface area (Å²) >= 11 is 0. The number of rotatable bonds is 5. The van der Waals surface area contributed by atoms with Crippen molar-refractivity contribution < 1.29 is 19.7 Å². The molecule has 5 rings (SSSR count). The molecule has 2 aromatic heterocycles. The Morgan fingerprint density at radius 1 is 1.22 bits per heavy atom. The van der Waals surface area contributed by atoms with Gasteiger partial charge >= 0.3 is 0 Å². The van der Waals surface area contributed by atoms with E-state index in [1.165, 1.54) is 12.7 Å². The summed E-state index contributed by atoms with van der Waals surface area (Å²) in [5.74, 6) is 2.92. The summed E-state index contributed by atoms with van der Waals surface area (Å²) in [5, 5.41) is 24.1. The first-order chi connectivity index (χ1) is 15.6. The van der Waals surface area contributed by atoms with E-state index in [4.69, 9.17) is 15.9 Å². The molecule has 0 radical (unpaired) electrons. The third-order valence-electron chi connectivity index (χ3n) is 6.58. The molecular formula is C23H25N5O4. The van der Waals surface area contributed by atoms with Crippen molar-refractivity contribution in [3.05, 3.63) is 48.5 Å². The molecule has 1 saturated carbocycles. The fourth-order valence-electron chi connectivity index (χ4n) is 4.93. The molecule has 3 heterocycles. The highest BCUT2D eigenvalue weighted by Crippen LogP contribution is 2.43. The molecule has 9 heteroatoms. The Hall–Kier alpha value is -3.03. The monoisotopic (exact) mass is 435 g/mol. The Morgan fingerprint density at radius 2 is 2.03 bits per heavy atom. The minimum absolute atomic E-state index is 0.0147. The van der Waals surface area contributed by atoms with Crippen LogP contribution in [0.2, 0.25) is 0 Å². The van der Waals surface area contributed by atoms with Crippen molar-refractivity contribution in [2.75, 3.05) is 12.4 Å².